The maximum absolute atomic E-state index is 13.9. The van der Waals surface area contributed by atoms with Gasteiger partial charge in [-0.05, 0) is 52.9 Å². The van der Waals surface area contributed by atoms with Crippen molar-refractivity contribution in [1.29, 1.82) is 0 Å². The van der Waals surface area contributed by atoms with E-state index in [9.17, 15) is 50.1 Å². The Morgan fingerprint density at radius 2 is 1.13 bits per heavy atom. The Hall–Kier alpha value is -2.19. The summed E-state index contributed by atoms with van der Waals surface area (Å²) in [5.74, 6) is -3.25. The molecule has 7 N–H and O–H groups in total. The fourth-order valence-electron chi connectivity index (χ4n) is 9.50. The number of esters is 3. The summed E-state index contributed by atoms with van der Waals surface area (Å²) in [5, 5.41) is 78.9. The molecule has 0 aromatic carbocycles. The molecule has 21 nitrogen and oxygen atoms in total. The number of rotatable bonds is 13. The molecule has 5 fully saturated rings. The normalized spacial score (nSPS) is 42.4. The van der Waals surface area contributed by atoms with Gasteiger partial charge in [0.1, 0.15) is 61.0 Å². The van der Waals surface area contributed by atoms with E-state index >= 15 is 0 Å². The van der Waals surface area contributed by atoms with Gasteiger partial charge in [0.15, 0.2) is 43.5 Å². The van der Waals surface area contributed by atoms with E-state index in [1.54, 1.807) is 34.6 Å². The fraction of sp³-hybridized carbons (Fsp3) is 0.940. The molecule has 0 amide bonds. The van der Waals surface area contributed by atoms with E-state index in [1.807, 2.05) is 0 Å². The van der Waals surface area contributed by atoms with Crippen molar-refractivity contribution in [2.24, 2.45) is 11.8 Å². The van der Waals surface area contributed by atoms with Crippen molar-refractivity contribution in [2.45, 2.75) is 281 Å². The van der Waals surface area contributed by atoms with E-state index < -0.39 is 159 Å². The Balaban J connectivity index is 1.54. The predicted octanol–water partition coefficient (Wildman–Crippen LogP) is 2.58. The number of fused-ring (bicyclic) bond motifs is 4. The third kappa shape index (κ3) is 15.7. The van der Waals surface area contributed by atoms with Gasteiger partial charge in [0.05, 0.1) is 42.9 Å². The maximum atomic E-state index is 13.9. The van der Waals surface area contributed by atoms with E-state index in [4.69, 9.17) is 52.1 Å². The van der Waals surface area contributed by atoms with E-state index in [2.05, 4.69) is 6.92 Å². The second kappa shape index (κ2) is 28.6. The number of hydrogen-bond acceptors (Lipinski definition) is 21. The standard InChI is InChI=1S/C50H86O21/c1-9-12-18-21-30-22-19-16-14-13-15-17-20-23-32(52)66-43-40(69-47-38(58)37(57)39(28(7)62-47)67-45(59)25(4)10-2)29(8)63-50(44(43)68-46(60)26(5)11-3)71-42-36(56)34(54)31(24-51)65-49(42)70-41-35(55)33(53)27(6)61-48(41)64-30/h25-31,33-44,47-51,53-58H,9-24H2,1-8H3. The van der Waals surface area contributed by atoms with Crippen LogP contribution in [0.15, 0.2) is 0 Å². The highest BCUT2D eigenvalue weighted by Gasteiger charge is 2.58. The Morgan fingerprint density at radius 3 is 1.75 bits per heavy atom. The highest BCUT2D eigenvalue weighted by atomic mass is 16.8. The molecule has 0 aromatic rings. The molecule has 21 heteroatoms. The molecule has 412 valence electrons. The van der Waals surface area contributed by atoms with Crippen molar-refractivity contribution in [3.05, 3.63) is 0 Å². The molecule has 0 spiro atoms. The van der Waals surface area contributed by atoms with Gasteiger partial charge < -0.3 is 87.9 Å². The molecule has 5 rings (SSSR count). The number of ether oxygens (including phenoxy) is 11. The summed E-state index contributed by atoms with van der Waals surface area (Å²) in [6.07, 6.45) is -20.3. The van der Waals surface area contributed by atoms with E-state index in [1.165, 1.54) is 13.8 Å². The third-order valence-electron chi connectivity index (χ3n) is 14.7. The van der Waals surface area contributed by atoms with Crippen LogP contribution in [0.5, 0.6) is 0 Å². The molecule has 5 saturated heterocycles. The van der Waals surface area contributed by atoms with Gasteiger partial charge in [-0.3, -0.25) is 14.4 Å². The second-order valence-corrected chi connectivity index (χ2v) is 20.2. The molecule has 23 unspecified atom stereocenters. The monoisotopic (exact) mass is 1020 g/mol. The van der Waals surface area contributed by atoms with Gasteiger partial charge in [0.25, 0.3) is 0 Å². The Morgan fingerprint density at radius 1 is 0.577 bits per heavy atom. The zero-order valence-electron chi connectivity index (χ0n) is 42.9. The summed E-state index contributed by atoms with van der Waals surface area (Å²) in [7, 11) is 0. The molecule has 5 aliphatic heterocycles. The van der Waals surface area contributed by atoms with Gasteiger partial charge in [-0.15, -0.1) is 0 Å². The van der Waals surface area contributed by atoms with Crippen LogP contribution in [0.3, 0.4) is 0 Å². The van der Waals surface area contributed by atoms with Gasteiger partial charge in [-0.25, -0.2) is 0 Å². The molecule has 0 radical (unpaired) electrons. The van der Waals surface area contributed by atoms with E-state index in [0.29, 0.717) is 38.5 Å². The molecule has 2 bridgehead atoms. The lowest BCUT2D eigenvalue weighted by atomic mass is 9.95. The van der Waals surface area contributed by atoms with E-state index in [-0.39, 0.29) is 12.5 Å². The highest BCUT2D eigenvalue weighted by molar-refractivity contribution is 5.73. The van der Waals surface area contributed by atoms with Crippen molar-refractivity contribution in [2.75, 3.05) is 6.61 Å². The van der Waals surface area contributed by atoms with Crippen LogP contribution in [0.1, 0.15) is 152 Å². The minimum absolute atomic E-state index is 0.0361. The van der Waals surface area contributed by atoms with Gasteiger partial charge in [0, 0.05) is 6.42 Å². The fourth-order valence-corrected chi connectivity index (χ4v) is 9.50. The van der Waals surface area contributed by atoms with Gasteiger partial charge in [-0.1, -0.05) is 92.4 Å². The molecule has 23 atom stereocenters. The number of carbonyl (C=O) groups excluding carboxylic acids is 3. The molecule has 5 aliphatic rings. The SMILES string of the molecule is CCCCCC1CCCCCCCCCC(=O)OC2C(OC3OC(C)C(OC(=O)C(C)CC)C(O)C3O)C(C)OC(OC3C(OC(CO)C(O)C3O)OC3C(O1)OC(C)C(O)C3O)C2OC(=O)C(C)CC. The average Bonchev–Trinajstić information content (AvgIpc) is 3.34. The van der Waals surface area contributed by atoms with Crippen LogP contribution < -0.4 is 0 Å². The Labute approximate surface area is 418 Å². The first kappa shape index (κ1) is 59.7. The van der Waals surface area contributed by atoms with Gasteiger partial charge in [0.2, 0.25) is 0 Å². The smallest absolute Gasteiger partial charge is 0.309 e. The summed E-state index contributed by atoms with van der Waals surface area (Å²) in [6, 6.07) is 0. The van der Waals surface area contributed by atoms with Crippen LogP contribution in [-0.2, 0) is 66.5 Å². The number of aliphatic hydroxyl groups is 7. The van der Waals surface area contributed by atoms with Crippen LogP contribution in [0.4, 0.5) is 0 Å². The van der Waals surface area contributed by atoms with Crippen LogP contribution in [0.2, 0.25) is 0 Å². The van der Waals surface area contributed by atoms with Crippen LogP contribution in [0.25, 0.3) is 0 Å². The summed E-state index contributed by atoms with van der Waals surface area (Å²) < 4.78 is 68.4. The Bertz CT molecular complexity index is 1610. The lowest BCUT2D eigenvalue weighted by Crippen LogP contribution is -2.68. The maximum Gasteiger partial charge on any atom is 0.309 e. The molecule has 0 aliphatic carbocycles. The Kier molecular flexibility index (Phi) is 24.1. The zero-order valence-corrected chi connectivity index (χ0v) is 42.9. The average molecular weight is 1020 g/mol. The number of unbranched alkanes of at least 4 members (excludes halogenated alkanes) is 2. The topological polar surface area (TPSA) is 294 Å². The second-order valence-electron chi connectivity index (χ2n) is 20.2. The van der Waals surface area contributed by atoms with E-state index in [0.717, 1.165) is 51.4 Å². The summed E-state index contributed by atoms with van der Waals surface area (Å²) in [4.78, 5) is 40.5. The molecule has 0 saturated carbocycles. The number of hydrogen-bond donors (Lipinski definition) is 7. The highest BCUT2D eigenvalue weighted by Crippen LogP contribution is 2.38. The molecule has 71 heavy (non-hydrogen) atoms. The zero-order chi connectivity index (χ0) is 52.1. The molecule has 5 heterocycles. The van der Waals surface area contributed by atoms with Crippen LogP contribution in [0, 0.1) is 11.8 Å². The van der Waals surface area contributed by atoms with Crippen LogP contribution >= 0.6 is 0 Å². The minimum atomic E-state index is -1.92. The summed E-state index contributed by atoms with van der Waals surface area (Å²) >= 11 is 0. The first-order valence-corrected chi connectivity index (χ1v) is 26.4. The van der Waals surface area contributed by atoms with Crippen molar-refractivity contribution in [3.8, 4) is 0 Å². The van der Waals surface area contributed by atoms with Crippen molar-refractivity contribution in [1.82, 2.24) is 0 Å². The molecular weight excluding hydrogens is 937 g/mol. The summed E-state index contributed by atoms with van der Waals surface area (Å²) in [6.45, 7) is 12.8. The quantitative estimate of drug-likeness (QED) is 0.0793. The molecule has 0 aromatic heterocycles. The lowest BCUT2D eigenvalue weighted by molar-refractivity contribution is -0.399. The lowest BCUT2D eigenvalue weighted by Gasteiger charge is -2.50. The van der Waals surface area contributed by atoms with Gasteiger partial charge >= 0.3 is 17.9 Å². The first-order valence-electron chi connectivity index (χ1n) is 26.4. The number of carbonyl (C=O) groups is 3. The van der Waals surface area contributed by atoms with Crippen molar-refractivity contribution >= 4 is 17.9 Å². The summed E-state index contributed by atoms with van der Waals surface area (Å²) in [5.41, 5.74) is 0. The van der Waals surface area contributed by atoms with Crippen molar-refractivity contribution in [3.63, 3.8) is 0 Å². The first-order chi connectivity index (χ1) is 33.8. The number of aliphatic hydroxyl groups excluding tert-OH is 7. The molecular formula is C50H86O21. The van der Waals surface area contributed by atoms with Gasteiger partial charge in [-0.2, -0.15) is 0 Å². The van der Waals surface area contributed by atoms with Crippen molar-refractivity contribution < 1.29 is 102 Å². The predicted molar refractivity (Wildman–Crippen MR) is 249 cm³/mol. The largest absolute Gasteiger partial charge is 0.457 e. The van der Waals surface area contributed by atoms with Crippen LogP contribution in [-0.4, -0.2) is 189 Å². The third-order valence-corrected chi connectivity index (χ3v) is 14.7. The minimum Gasteiger partial charge on any atom is -0.457 e.